The second kappa shape index (κ2) is 7.49. The van der Waals surface area contributed by atoms with E-state index in [0.717, 1.165) is 28.3 Å². The fraction of sp³-hybridized carbons (Fsp3) is 0.100. The fourth-order valence-corrected chi connectivity index (χ4v) is 2.63. The average molecular weight is 373 g/mol. The molecule has 138 valence electrons. The number of alkyl halides is 3. The van der Waals surface area contributed by atoms with Crippen molar-refractivity contribution in [3.05, 3.63) is 99.9 Å². The van der Waals surface area contributed by atoms with E-state index in [0.29, 0.717) is 5.69 Å². The fourth-order valence-electron chi connectivity index (χ4n) is 2.63. The molecule has 0 saturated carbocycles. The maximum absolute atomic E-state index is 13.0. The van der Waals surface area contributed by atoms with Crippen molar-refractivity contribution in [1.82, 2.24) is 4.57 Å². The lowest BCUT2D eigenvalue weighted by atomic mass is 10.1. The second-order valence-electron chi connectivity index (χ2n) is 5.75. The highest BCUT2D eigenvalue weighted by Crippen LogP contribution is 2.32. The molecule has 2 aromatic carbocycles. The van der Waals surface area contributed by atoms with Gasteiger partial charge in [0.05, 0.1) is 11.3 Å². The number of carbonyl (C=O) groups is 1. The number of nitrogens with zero attached hydrogens (tertiary/aromatic N) is 1. The van der Waals surface area contributed by atoms with Crippen molar-refractivity contribution in [2.75, 3.05) is 0 Å². The summed E-state index contributed by atoms with van der Waals surface area (Å²) in [5.74, 6) is -1.67. The van der Waals surface area contributed by atoms with Gasteiger partial charge in [-0.15, -0.1) is 0 Å². The van der Waals surface area contributed by atoms with E-state index >= 15 is 0 Å². The van der Waals surface area contributed by atoms with Gasteiger partial charge in [0.1, 0.15) is 6.26 Å². The first kappa shape index (κ1) is 18.4. The van der Waals surface area contributed by atoms with Crippen LogP contribution in [0.25, 0.3) is 6.08 Å². The summed E-state index contributed by atoms with van der Waals surface area (Å²) in [6.07, 6.45) is -1.14. The van der Waals surface area contributed by atoms with Crippen LogP contribution in [0.4, 0.5) is 13.2 Å². The maximum atomic E-state index is 13.0. The summed E-state index contributed by atoms with van der Waals surface area (Å²) in [6, 6.07) is 14.0. The van der Waals surface area contributed by atoms with Crippen molar-refractivity contribution < 1.29 is 22.4 Å². The van der Waals surface area contributed by atoms with Gasteiger partial charge in [-0.05, 0) is 23.3 Å². The van der Waals surface area contributed by atoms with E-state index < -0.39 is 23.4 Å². The summed E-state index contributed by atoms with van der Waals surface area (Å²) in [6.45, 7) is 0. The Bertz CT molecular complexity index is 1030. The number of oxazole rings is 1. The summed E-state index contributed by atoms with van der Waals surface area (Å²) in [5.41, 5.74) is 0.133. The molecule has 0 fully saturated rings. The van der Waals surface area contributed by atoms with E-state index in [1.807, 2.05) is 30.3 Å². The van der Waals surface area contributed by atoms with Gasteiger partial charge in [-0.25, -0.2) is 9.36 Å². The molecule has 0 atom stereocenters. The van der Waals surface area contributed by atoms with Crippen LogP contribution < -0.4 is 5.76 Å². The molecule has 3 rings (SSSR count). The number of allylic oxidation sites excluding steroid dienone is 1. The van der Waals surface area contributed by atoms with Crippen LogP contribution in [0, 0.1) is 0 Å². The van der Waals surface area contributed by atoms with Crippen LogP contribution >= 0.6 is 0 Å². The molecule has 27 heavy (non-hydrogen) atoms. The number of halogens is 3. The molecule has 3 aromatic rings. The third-order valence-electron chi connectivity index (χ3n) is 3.89. The minimum Gasteiger partial charge on any atom is -0.416 e. The minimum atomic E-state index is -4.55. The zero-order chi connectivity index (χ0) is 19.4. The van der Waals surface area contributed by atoms with Gasteiger partial charge < -0.3 is 4.42 Å². The number of carbonyl (C=O) groups excluding carboxylic acids is 1. The van der Waals surface area contributed by atoms with Gasteiger partial charge in [-0.1, -0.05) is 48.5 Å². The number of hydrogen-bond acceptors (Lipinski definition) is 3. The standard InChI is InChI=1S/C20H14F3NO3/c21-20(22,23)17-9-5-4-8-15(17)10-11-18(25)24-16(13-27-19(24)26)12-14-6-2-1-3-7-14/h1-11,13H,12H2. The first-order valence-electron chi connectivity index (χ1n) is 7.98. The Hall–Kier alpha value is -3.35. The van der Waals surface area contributed by atoms with Crippen molar-refractivity contribution >= 4 is 12.0 Å². The smallest absolute Gasteiger partial charge is 0.416 e. The highest BCUT2D eigenvalue weighted by molar-refractivity contribution is 5.94. The Morgan fingerprint density at radius 2 is 1.70 bits per heavy atom. The molecule has 0 amide bonds. The number of aromatic nitrogens is 1. The van der Waals surface area contributed by atoms with Crippen molar-refractivity contribution in [3.63, 3.8) is 0 Å². The zero-order valence-corrected chi connectivity index (χ0v) is 13.9. The number of benzene rings is 2. The minimum absolute atomic E-state index is 0.167. The van der Waals surface area contributed by atoms with Gasteiger partial charge in [0.2, 0.25) is 0 Å². The highest BCUT2D eigenvalue weighted by atomic mass is 19.4. The lowest BCUT2D eigenvalue weighted by Crippen LogP contribution is -2.23. The van der Waals surface area contributed by atoms with E-state index in [-0.39, 0.29) is 12.0 Å². The molecule has 1 aromatic heterocycles. The molecule has 4 nitrogen and oxygen atoms in total. The van der Waals surface area contributed by atoms with E-state index in [9.17, 15) is 22.8 Å². The Morgan fingerprint density at radius 1 is 1.04 bits per heavy atom. The first-order valence-corrected chi connectivity index (χ1v) is 7.98. The van der Waals surface area contributed by atoms with E-state index in [1.54, 1.807) is 0 Å². The van der Waals surface area contributed by atoms with Crippen LogP contribution in [-0.2, 0) is 12.6 Å². The quantitative estimate of drug-likeness (QED) is 0.637. The van der Waals surface area contributed by atoms with Crippen molar-refractivity contribution in [2.24, 2.45) is 0 Å². The normalized spacial score (nSPS) is 11.8. The molecule has 0 bridgehead atoms. The van der Waals surface area contributed by atoms with Crippen LogP contribution in [0.5, 0.6) is 0 Å². The predicted molar refractivity (Wildman–Crippen MR) is 93.3 cm³/mol. The maximum Gasteiger partial charge on any atom is 0.426 e. The van der Waals surface area contributed by atoms with Crippen LogP contribution in [0.15, 0.2) is 76.1 Å². The Labute approximate surface area is 152 Å². The van der Waals surface area contributed by atoms with Crippen LogP contribution in [0.3, 0.4) is 0 Å². The molecule has 0 radical (unpaired) electrons. The molecular weight excluding hydrogens is 359 g/mol. The van der Waals surface area contributed by atoms with E-state index in [2.05, 4.69) is 0 Å². The van der Waals surface area contributed by atoms with Gasteiger partial charge in [0.15, 0.2) is 0 Å². The lowest BCUT2D eigenvalue weighted by Gasteiger charge is -2.09. The van der Waals surface area contributed by atoms with Crippen molar-refractivity contribution in [3.8, 4) is 0 Å². The topological polar surface area (TPSA) is 52.2 Å². The Morgan fingerprint density at radius 3 is 2.41 bits per heavy atom. The SMILES string of the molecule is O=C(C=Cc1ccccc1C(F)(F)F)n1c(Cc2ccccc2)coc1=O. The van der Waals surface area contributed by atoms with Gasteiger partial charge in [-0.2, -0.15) is 13.2 Å². The Kier molecular flexibility index (Phi) is 5.12. The monoisotopic (exact) mass is 373 g/mol. The lowest BCUT2D eigenvalue weighted by molar-refractivity contribution is -0.137. The van der Waals surface area contributed by atoms with E-state index in [1.165, 1.54) is 24.5 Å². The van der Waals surface area contributed by atoms with Gasteiger partial charge in [0, 0.05) is 12.5 Å². The number of hydrogen-bond donors (Lipinski definition) is 0. The summed E-state index contributed by atoms with van der Waals surface area (Å²) < 4.78 is 44.7. The molecule has 0 spiro atoms. The van der Waals surface area contributed by atoms with Crippen LogP contribution in [0.2, 0.25) is 0 Å². The molecule has 0 saturated heterocycles. The van der Waals surface area contributed by atoms with Gasteiger partial charge in [-0.3, -0.25) is 4.79 Å². The van der Waals surface area contributed by atoms with Crippen molar-refractivity contribution in [1.29, 1.82) is 0 Å². The third-order valence-corrected chi connectivity index (χ3v) is 3.89. The highest BCUT2D eigenvalue weighted by Gasteiger charge is 2.32. The predicted octanol–water partition coefficient (Wildman–Crippen LogP) is 4.40. The summed E-state index contributed by atoms with van der Waals surface area (Å²) in [7, 11) is 0. The molecule has 0 N–H and O–H groups in total. The zero-order valence-electron chi connectivity index (χ0n) is 13.9. The van der Waals surface area contributed by atoms with Crippen LogP contribution in [0.1, 0.15) is 27.2 Å². The van der Waals surface area contributed by atoms with Gasteiger partial charge in [0.25, 0.3) is 5.91 Å². The molecule has 0 aliphatic rings. The van der Waals surface area contributed by atoms with Crippen LogP contribution in [-0.4, -0.2) is 10.5 Å². The largest absolute Gasteiger partial charge is 0.426 e. The molecule has 0 aliphatic carbocycles. The van der Waals surface area contributed by atoms with Gasteiger partial charge >= 0.3 is 11.9 Å². The molecule has 0 unspecified atom stereocenters. The third kappa shape index (κ3) is 4.25. The first-order chi connectivity index (χ1) is 12.9. The van der Waals surface area contributed by atoms with Crippen molar-refractivity contribution in [2.45, 2.75) is 12.6 Å². The second-order valence-corrected chi connectivity index (χ2v) is 5.75. The molecular formula is C20H14F3NO3. The molecule has 0 aliphatic heterocycles. The summed E-state index contributed by atoms with van der Waals surface area (Å²) >= 11 is 0. The Balaban J connectivity index is 1.89. The summed E-state index contributed by atoms with van der Waals surface area (Å²) in [4.78, 5) is 24.3. The van der Waals surface area contributed by atoms with E-state index in [4.69, 9.17) is 4.42 Å². The molecule has 1 heterocycles. The molecule has 7 heteroatoms. The summed E-state index contributed by atoms with van der Waals surface area (Å²) in [5, 5.41) is 0. The average Bonchev–Trinajstić information content (AvgIpc) is 3.00. The number of rotatable bonds is 4.